The van der Waals surface area contributed by atoms with Crippen LogP contribution in [0.25, 0.3) is 21.6 Å². The summed E-state index contributed by atoms with van der Waals surface area (Å²) in [5.41, 5.74) is 8.02. The van der Waals surface area contributed by atoms with Gasteiger partial charge in [-0.2, -0.15) is 5.10 Å². The lowest BCUT2D eigenvalue weighted by molar-refractivity contribution is 0.0940. The Morgan fingerprint density at radius 1 is 1.10 bits per heavy atom. The van der Waals surface area contributed by atoms with Crippen LogP contribution in [0.2, 0.25) is 0 Å². The number of nitrogens with two attached hydrogens (primary N) is 1. The van der Waals surface area contributed by atoms with E-state index in [0.717, 1.165) is 0 Å². The molecule has 39 heavy (non-hydrogen) atoms. The number of hydrogen-bond donors (Lipinski definition) is 2. The predicted molar refractivity (Wildman–Crippen MR) is 148 cm³/mol. The smallest absolute Gasteiger partial charge is 0.268 e. The molecule has 6 rings (SSSR count). The van der Waals surface area contributed by atoms with Crippen LogP contribution in [-0.4, -0.2) is 39.8 Å². The quantitative estimate of drug-likeness (QED) is 0.331. The predicted octanol–water partition coefficient (Wildman–Crippen LogP) is 2.70. The van der Waals surface area contributed by atoms with Crippen molar-refractivity contribution >= 4 is 38.9 Å². The number of aromatic nitrogens is 7. The first-order valence-electron chi connectivity index (χ1n) is 11.9. The Hall–Kier alpha value is -5.28. The zero-order valence-electron chi connectivity index (χ0n) is 20.9. The van der Waals surface area contributed by atoms with Crippen molar-refractivity contribution in [2.24, 2.45) is 7.05 Å². The summed E-state index contributed by atoms with van der Waals surface area (Å²) in [7, 11) is 1.82. The number of para-hydroxylation sites is 1. The Bertz CT molecular complexity index is 1990. The van der Waals surface area contributed by atoms with Gasteiger partial charge in [-0.05, 0) is 37.1 Å². The van der Waals surface area contributed by atoms with E-state index in [0.29, 0.717) is 38.6 Å². The number of carbonyl (C=O) groups excluding carboxylic acids is 1. The average molecular weight is 536 g/mol. The van der Waals surface area contributed by atoms with E-state index in [1.165, 1.54) is 20.4 Å². The van der Waals surface area contributed by atoms with Crippen molar-refractivity contribution in [2.75, 3.05) is 5.73 Å². The second kappa shape index (κ2) is 9.55. The summed E-state index contributed by atoms with van der Waals surface area (Å²) in [6.45, 7) is 1.76. The van der Waals surface area contributed by atoms with Crippen molar-refractivity contribution in [3.8, 4) is 17.5 Å². The highest BCUT2D eigenvalue weighted by molar-refractivity contribution is 7.17. The van der Waals surface area contributed by atoms with Crippen LogP contribution in [0.3, 0.4) is 0 Å². The molecule has 6 aromatic rings. The second-order valence-electron chi connectivity index (χ2n) is 8.74. The highest BCUT2D eigenvalue weighted by Crippen LogP contribution is 2.25. The van der Waals surface area contributed by atoms with Crippen LogP contribution in [0.4, 0.5) is 5.82 Å². The molecule has 0 aliphatic heterocycles. The van der Waals surface area contributed by atoms with Gasteiger partial charge < -0.3 is 11.1 Å². The molecule has 0 aliphatic carbocycles. The summed E-state index contributed by atoms with van der Waals surface area (Å²) in [4.78, 5) is 36.9. The standard InChI is InChI=1S/C27H21N9O2S/c1-16(30-25(37)21-22(28)33-35-13-6-12-29-24(21)35)23-31-26-20(27(38)36(23)19-7-4-3-5-8-19)17(15-39-26)9-10-18-11-14-34(2)32-18/h3-8,11-16H,1-2H3,(H2,28,33)(H,30,37). The molecule has 0 saturated heterocycles. The number of nitrogens with one attached hydrogen (secondary N) is 1. The number of anilines is 1. The van der Waals surface area contributed by atoms with E-state index in [9.17, 15) is 9.59 Å². The number of nitrogen functional groups attached to an aromatic ring is 1. The lowest BCUT2D eigenvalue weighted by Gasteiger charge is -2.19. The molecule has 12 heteroatoms. The van der Waals surface area contributed by atoms with Crippen LogP contribution in [0, 0.1) is 11.8 Å². The minimum Gasteiger partial charge on any atom is -0.381 e. The SMILES string of the molecule is CC(NC(=O)c1c(N)nn2cccnc12)c1nc2scc(C#Cc3ccn(C)n3)c2c(=O)n1-c1ccccc1. The molecule has 192 valence electrons. The van der Waals surface area contributed by atoms with E-state index >= 15 is 0 Å². The lowest BCUT2D eigenvalue weighted by Crippen LogP contribution is -2.33. The van der Waals surface area contributed by atoms with Crippen LogP contribution in [0.5, 0.6) is 0 Å². The number of benzene rings is 1. The second-order valence-corrected chi connectivity index (χ2v) is 9.60. The van der Waals surface area contributed by atoms with Crippen LogP contribution in [0.1, 0.15) is 40.4 Å². The van der Waals surface area contributed by atoms with Gasteiger partial charge in [0.15, 0.2) is 11.5 Å². The topological polar surface area (TPSA) is 138 Å². The fourth-order valence-corrected chi connectivity index (χ4v) is 5.15. The number of amides is 1. The first-order valence-corrected chi connectivity index (χ1v) is 12.8. The number of rotatable bonds is 4. The van der Waals surface area contributed by atoms with Gasteiger partial charge in [0.05, 0.1) is 22.7 Å². The zero-order chi connectivity index (χ0) is 27.1. The Morgan fingerprint density at radius 2 is 1.92 bits per heavy atom. The highest BCUT2D eigenvalue weighted by atomic mass is 32.1. The van der Waals surface area contributed by atoms with Crippen molar-refractivity contribution in [1.29, 1.82) is 0 Å². The summed E-state index contributed by atoms with van der Waals surface area (Å²) >= 11 is 1.32. The normalized spacial score (nSPS) is 11.8. The number of nitrogens with zero attached hydrogens (tertiary/aromatic N) is 7. The molecule has 1 amide bonds. The van der Waals surface area contributed by atoms with Crippen molar-refractivity contribution in [3.63, 3.8) is 0 Å². The number of hydrogen-bond acceptors (Lipinski definition) is 8. The summed E-state index contributed by atoms with van der Waals surface area (Å²) in [6, 6.07) is 12.0. The van der Waals surface area contributed by atoms with Crippen LogP contribution in [0.15, 0.2) is 71.2 Å². The van der Waals surface area contributed by atoms with E-state index in [-0.39, 0.29) is 16.9 Å². The average Bonchev–Trinajstić information content (AvgIpc) is 3.63. The molecule has 1 atom stereocenters. The van der Waals surface area contributed by atoms with Gasteiger partial charge in [0.2, 0.25) is 0 Å². The Labute approximate surface area is 225 Å². The molecular formula is C27H21N9O2S. The van der Waals surface area contributed by atoms with Crippen molar-refractivity contribution in [2.45, 2.75) is 13.0 Å². The molecule has 0 fully saturated rings. The summed E-state index contributed by atoms with van der Waals surface area (Å²) in [5, 5.41) is 13.6. The number of aryl methyl sites for hydroxylation is 1. The maximum atomic E-state index is 14.0. The Balaban J connectivity index is 1.45. The molecule has 0 bridgehead atoms. The summed E-state index contributed by atoms with van der Waals surface area (Å²) < 4.78 is 4.61. The number of carbonyl (C=O) groups is 1. The monoisotopic (exact) mass is 535 g/mol. The van der Waals surface area contributed by atoms with E-state index in [4.69, 9.17) is 10.7 Å². The fraction of sp³-hybridized carbons (Fsp3) is 0.111. The van der Waals surface area contributed by atoms with Crippen molar-refractivity contribution < 1.29 is 4.79 Å². The van der Waals surface area contributed by atoms with Gasteiger partial charge in [0.1, 0.15) is 21.9 Å². The molecule has 5 aromatic heterocycles. The first-order chi connectivity index (χ1) is 18.9. The van der Waals surface area contributed by atoms with Crippen molar-refractivity contribution in [1.82, 2.24) is 39.2 Å². The molecular weight excluding hydrogens is 514 g/mol. The molecule has 0 spiro atoms. The molecule has 0 radical (unpaired) electrons. The lowest BCUT2D eigenvalue weighted by atomic mass is 10.2. The van der Waals surface area contributed by atoms with Gasteiger partial charge in [-0.1, -0.05) is 24.1 Å². The van der Waals surface area contributed by atoms with Crippen LogP contribution >= 0.6 is 11.3 Å². The third-order valence-corrected chi connectivity index (χ3v) is 6.94. The maximum absolute atomic E-state index is 14.0. The van der Waals surface area contributed by atoms with E-state index in [1.807, 2.05) is 42.8 Å². The third kappa shape index (κ3) is 4.30. The van der Waals surface area contributed by atoms with Crippen molar-refractivity contribution in [3.05, 3.63) is 99.4 Å². The minimum atomic E-state index is -0.668. The molecule has 3 N–H and O–H groups in total. The van der Waals surface area contributed by atoms with E-state index < -0.39 is 11.9 Å². The van der Waals surface area contributed by atoms with Gasteiger partial charge in [-0.25, -0.2) is 14.5 Å². The molecule has 1 aromatic carbocycles. The molecule has 1 unspecified atom stereocenters. The van der Waals surface area contributed by atoms with E-state index in [1.54, 1.807) is 42.3 Å². The van der Waals surface area contributed by atoms with Gasteiger partial charge >= 0.3 is 0 Å². The van der Waals surface area contributed by atoms with Crippen LogP contribution in [-0.2, 0) is 7.05 Å². The number of thiophene rings is 1. The molecule has 11 nitrogen and oxygen atoms in total. The summed E-state index contributed by atoms with van der Waals surface area (Å²) in [5.74, 6) is 6.02. The summed E-state index contributed by atoms with van der Waals surface area (Å²) in [6.07, 6.45) is 5.02. The largest absolute Gasteiger partial charge is 0.381 e. The Kier molecular flexibility index (Phi) is 5.90. The van der Waals surface area contributed by atoms with Gasteiger partial charge in [0.25, 0.3) is 11.5 Å². The molecule has 0 saturated carbocycles. The molecule has 5 heterocycles. The van der Waals surface area contributed by atoms with Crippen LogP contribution < -0.4 is 16.6 Å². The third-order valence-electron chi connectivity index (χ3n) is 6.07. The van der Waals surface area contributed by atoms with Gasteiger partial charge in [-0.3, -0.25) is 18.8 Å². The van der Waals surface area contributed by atoms with Gasteiger partial charge in [0, 0.05) is 31.0 Å². The molecule has 0 aliphatic rings. The first kappa shape index (κ1) is 24.1. The Morgan fingerprint density at radius 3 is 2.69 bits per heavy atom. The zero-order valence-corrected chi connectivity index (χ0v) is 21.7. The van der Waals surface area contributed by atoms with Gasteiger partial charge in [-0.15, -0.1) is 16.4 Å². The highest BCUT2D eigenvalue weighted by Gasteiger charge is 2.25. The fourth-order valence-electron chi connectivity index (χ4n) is 4.28. The number of fused-ring (bicyclic) bond motifs is 2. The van der Waals surface area contributed by atoms with E-state index in [2.05, 4.69) is 32.3 Å². The minimum absolute atomic E-state index is 0.0524. The maximum Gasteiger partial charge on any atom is 0.268 e.